The average Bonchev–Trinajstić information content (AvgIpc) is 2.25. The Hall–Kier alpha value is -0.900. The zero-order valence-electron chi connectivity index (χ0n) is 8.62. The Morgan fingerprint density at radius 3 is 2.86 bits per heavy atom. The van der Waals surface area contributed by atoms with Gasteiger partial charge in [0.15, 0.2) is 0 Å². The fourth-order valence-electron chi connectivity index (χ4n) is 1.27. The van der Waals surface area contributed by atoms with E-state index in [0.29, 0.717) is 6.54 Å². The van der Waals surface area contributed by atoms with Crippen LogP contribution in [0.2, 0.25) is 0 Å². The van der Waals surface area contributed by atoms with Gasteiger partial charge in [0.05, 0.1) is 6.61 Å². The minimum Gasteiger partial charge on any atom is -0.383 e. The van der Waals surface area contributed by atoms with Crippen molar-refractivity contribution < 1.29 is 4.74 Å². The number of benzene rings is 1. The molecule has 0 aliphatic heterocycles. The molecule has 0 aliphatic rings. The van der Waals surface area contributed by atoms with E-state index in [1.807, 2.05) is 12.1 Å². The molecule has 0 unspecified atom stereocenters. The first kappa shape index (κ1) is 11.2. The number of hydrogen-bond donors (Lipinski definition) is 2. The zero-order chi connectivity index (χ0) is 10.2. The van der Waals surface area contributed by atoms with E-state index in [1.54, 1.807) is 7.11 Å². The molecule has 1 aromatic carbocycles. The van der Waals surface area contributed by atoms with Crippen molar-refractivity contribution in [3.8, 4) is 0 Å². The zero-order valence-corrected chi connectivity index (χ0v) is 8.62. The first-order chi connectivity index (χ1) is 6.86. The predicted octanol–water partition coefficient (Wildman–Crippen LogP) is 0.881. The molecule has 0 spiro atoms. The van der Waals surface area contributed by atoms with Gasteiger partial charge in [-0.25, -0.2) is 0 Å². The number of ether oxygens (including phenoxy) is 1. The van der Waals surface area contributed by atoms with Gasteiger partial charge in [0.2, 0.25) is 0 Å². The highest BCUT2D eigenvalue weighted by Crippen LogP contribution is 2.03. The second-order valence-electron chi connectivity index (χ2n) is 3.19. The quantitative estimate of drug-likeness (QED) is 0.661. The monoisotopic (exact) mass is 194 g/mol. The van der Waals surface area contributed by atoms with Crippen molar-refractivity contribution in [1.82, 2.24) is 5.32 Å². The summed E-state index contributed by atoms with van der Waals surface area (Å²) in [6, 6.07) is 8.30. The molecule has 14 heavy (non-hydrogen) atoms. The Labute approximate surface area is 85.3 Å². The summed E-state index contributed by atoms with van der Waals surface area (Å²) >= 11 is 0. The van der Waals surface area contributed by atoms with Gasteiger partial charge >= 0.3 is 0 Å². The van der Waals surface area contributed by atoms with Crippen molar-refractivity contribution in [2.45, 2.75) is 13.1 Å². The van der Waals surface area contributed by atoms with Gasteiger partial charge < -0.3 is 15.8 Å². The van der Waals surface area contributed by atoms with Crippen LogP contribution in [0.25, 0.3) is 0 Å². The molecule has 0 amide bonds. The van der Waals surface area contributed by atoms with Gasteiger partial charge in [-0.15, -0.1) is 0 Å². The average molecular weight is 194 g/mol. The first-order valence-corrected chi connectivity index (χ1v) is 4.84. The minimum atomic E-state index is 0.603. The van der Waals surface area contributed by atoms with E-state index >= 15 is 0 Å². The summed E-state index contributed by atoms with van der Waals surface area (Å²) in [6.07, 6.45) is 0. The van der Waals surface area contributed by atoms with Crippen LogP contribution < -0.4 is 11.1 Å². The number of nitrogens with two attached hydrogens (primary N) is 1. The lowest BCUT2D eigenvalue weighted by Gasteiger charge is -2.05. The fourth-order valence-corrected chi connectivity index (χ4v) is 1.27. The summed E-state index contributed by atoms with van der Waals surface area (Å²) in [5.74, 6) is 0. The Morgan fingerprint density at radius 1 is 1.36 bits per heavy atom. The maximum Gasteiger partial charge on any atom is 0.0587 e. The molecule has 0 heterocycles. The molecule has 0 aromatic heterocycles. The highest BCUT2D eigenvalue weighted by atomic mass is 16.5. The summed E-state index contributed by atoms with van der Waals surface area (Å²) in [7, 11) is 1.71. The summed E-state index contributed by atoms with van der Waals surface area (Å²) in [4.78, 5) is 0. The van der Waals surface area contributed by atoms with Gasteiger partial charge in [-0.05, 0) is 11.1 Å². The van der Waals surface area contributed by atoms with Crippen molar-refractivity contribution in [3.63, 3.8) is 0 Å². The van der Waals surface area contributed by atoms with Crippen molar-refractivity contribution >= 4 is 0 Å². The van der Waals surface area contributed by atoms with Crippen LogP contribution in [0.15, 0.2) is 24.3 Å². The Kier molecular flexibility index (Phi) is 5.22. The maximum atomic E-state index is 5.55. The second-order valence-corrected chi connectivity index (χ2v) is 3.19. The van der Waals surface area contributed by atoms with Crippen LogP contribution in [-0.2, 0) is 17.8 Å². The SMILES string of the molecule is COCCNCc1cccc(CN)c1. The van der Waals surface area contributed by atoms with E-state index in [4.69, 9.17) is 10.5 Å². The lowest BCUT2D eigenvalue weighted by molar-refractivity contribution is 0.199. The Morgan fingerprint density at radius 2 is 2.14 bits per heavy atom. The molecule has 3 heteroatoms. The highest BCUT2D eigenvalue weighted by Gasteiger charge is 1.93. The van der Waals surface area contributed by atoms with Gasteiger partial charge in [0.1, 0.15) is 0 Å². The number of nitrogens with one attached hydrogen (secondary N) is 1. The third kappa shape index (κ3) is 3.87. The third-order valence-electron chi connectivity index (χ3n) is 2.04. The van der Waals surface area contributed by atoms with E-state index < -0.39 is 0 Å². The lowest BCUT2D eigenvalue weighted by Crippen LogP contribution is -2.18. The van der Waals surface area contributed by atoms with Gasteiger partial charge in [-0.2, -0.15) is 0 Å². The summed E-state index contributed by atoms with van der Waals surface area (Å²) < 4.78 is 4.94. The summed E-state index contributed by atoms with van der Waals surface area (Å²) in [5, 5.41) is 3.29. The number of rotatable bonds is 6. The van der Waals surface area contributed by atoms with Crippen molar-refractivity contribution in [2.75, 3.05) is 20.3 Å². The second kappa shape index (κ2) is 6.54. The normalized spacial score (nSPS) is 10.4. The summed E-state index contributed by atoms with van der Waals surface area (Å²) in [5.41, 5.74) is 8.00. The predicted molar refractivity (Wildman–Crippen MR) is 57.9 cm³/mol. The molecule has 0 saturated heterocycles. The molecule has 0 atom stereocenters. The van der Waals surface area contributed by atoms with E-state index in [-0.39, 0.29) is 0 Å². The van der Waals surface area contributed by atoms with Crippen molar-refractivity contribution in [3.05, 3.63) is 35.4 Å². The highest BCUT2D eigenvalue weighted by molar-refractivity contribution is 5.23. The topological polar surface area (TPSA) is 47.3 Å². The van der Waals surface area contributed by atoms with E-state index in [2.05, 4.69) is 17.4 Å². The molecule has 0 aliphatic carbocycles. The number of hydrogen-bond acceptors (Lipinski definition) is 3. The molecule has 0 fully saturated rings. The first-order valence-electron chi connectivity index (χ1n) is 4.84. The van der Waals surface area contributed by atoms with Crippen LogP contribution in [0.5, 0.6) is 0 Å². The van der Waals surface area contributed by atoms with Crippen molar-refractivity contribution in [2.24, 2.45) is 5.73 Å². The molecular weight excluding hydrogens is 176 g/mol. The van der Waals surface area contributed by atoms with Crippen LogP contribution in [0.1, 0.15) is 11.1 Å². The number of methoxy groups -OCH3 is 1. The Bertz CT molecular complexity index is 263. The van der Waals surface area contributed by atoms with Gasteiger partial charge in [0, 0.05) is 26.7 Å². The fraction of sp³-hybridized carbons (Fsp3) is 0.455. The van der Waals surface area contributed by atoms with Crippen LogP contribution in [0, 0.1) is 0 Å². The van der Waals surface area contributed by atoms with Crippen LogP contribution in [-0.4, -0.2) is 20.3 Å². The van der Waals surface area contributed by atoms with Crippen LogP contribution >= 0.6 is 0 Å². The minimum absolute atomic E-state index is 0.603. The molecule has 78 valence electrons. The molecule has 3 N–H and O–H groups in total. The lowest BCUT2D eigenvalue weighted by atomic mass is 10.1. The maximum absolute atomic E-state index is 5.55. The van der Waals surface area contributed by atoms with Crippen LogP contribution in [0.4, 0.5) is 0 Å². The molecule has 0 radical (unpaired) electrons. The largest absolute Gasteiger partial charge is 0.383 e. The molecule has 0 saturated carbocycles. The van der Waals surface area contributed by atoms with Crippen LogP contribution in [0.3, 0.4) is 0 Å². The van der Waals surface area contributed by atoms with Gasteiger partial charge in [-0.3, -0.25) is 0 Å². The molecule has 1 rings (SSSR count). The standard InChI is InChI=1S/C11H18N2O/c1-14-6-5-13-9-11-4-2-3-10(7-11)8-12/h2-4,7,13H,5-6,8-9,12H2,1H3. The summed E-state index contributed by atoms with van der Waals surface area (Å²) in [6.45, 7) is 3.10. The van der Waals surface area contributed by atoms with Crippen molar-refractivity contribution in [1.29, 1.82) is 0 Å². The van der Waals surface area contributed by atoms with E-state index in [9.17, 15) is 0 Å². The molecule has 3 nitrogen and oxygen atoms in total. The third-order valence-corrected chi connectivity index (χ3v) is 2.04. The van der Waals surface area contributed by atoms with E-state index in [0.717, 1.165) is 19.7 Å². The molecular formula is C11H18N2O. The smallest absolute Gasteiger partial charge is 0.0587 e. The molecule has 0 bridgehead atoms. The van der Waals surface area contributed by atoms with Gasteiger partial charge in [0.25, 0.3) is 0 Å². The Balaban J connectivity index is 2.34. The molecule has 1 aromatic rings. The van der Waals surface area contributed by atoms with Gasteiger partial charge in [-0.1, -0.05) is 24.3 Å². The van der Waals surface area contributed by atoms with E-state index in [1.165, 1.54) is 11.1 Å².